The predicted molar refractivity (Wildman–Crippen MR) is 118 cm³/mol. The molecule has 0 spiro atoms. The van der Waals surface area contributed by atoms with Crippen molar-refractivity contribution < 1.29 is 15.0 Å². The van der Waals surface area contributed by atoms with E-state index in [9.17, 15) is 15.0 Å². The number of carbonyl (C=O) groups is 1. The lowest BCUT2D eigenvalue weighted by Gasteiger charge is -2.13. The molecular formula is C23H24N6O3. The van der Waals surface area contributed by atoms with E-state index in [4.69, 9.17) is 5.10 Å². The van der Waals surface area contributed by atoms with Crippen LogP contribution in [0.4, 0.5) is 0 Å². The Morgan fingerprint density at radius 1 is 1.19 bits per heavy atom. The van der Waals surface area contributed by atoms with Crippen LogP contribution in [0.5, 0.6) is 0 Å². The number of aryl methyl sites for hydroxylation is 2. The second-order valence-corrected chi connectivity index (χ2v) is 8.00. The van der Waals surface area contributed by atoms with Gasteiger partial charge in [-0.15, -0.1) is 0 Å². The number of fused-ring (bicyclic) bond motifs is 2. The predicted octanol–water partition coefficient (Wildman–Crippen LogP) is 1.46. The molecule has 5 rings (SSSR count). The fourth-order valence-electron chi connectivity index (χ4n) is 4.20. The van der Waals surface area contributed by atoms with Crippen LogP contribution < -0.4 is 5.32 Å². The minimum atomic E-state index is -0.728. The van der Waals surface area contributed by atoms with E-state index in [1.54, 1.807) is 4.40 Å². The monoisotopic (exact) mass is 432 g/mol. The Hall–Kier alpha value is -3.56. The van der Waals surface area contributed by atoms with E-state index < -0.39 is 11.9 Å². The molecule has 0 saturated carbocycles. The van der Waals surface area contributed by atoms with Gasteiger partial charge in [-0.2, -0.15) is 5.10 Å². The average Bonchev–Trinajstić information content (AvgIpc) is 3.51. The quantitative estimate of drug-likeness (QED) is 0.425. The number of rotatable bonds is 6. The largest absolute Gasteiger partial charge is 0.394 e. The summed E-state index contributed by atoms with van der Waals surface area (Å²) in [7, 11) is 0. The van der Waals surface area contributed by atoms with Gasteiger partial charge in [-0.1, -0.05) is 6.07 Å². The van der Waals surface area contributed by atoms with Crippen molar-refractivity contribution in [1.29, 1.82) is 0 Å². The van der Waals surface area contributed by atoms with Gasteiger partial charge in [0, 0.05) is 23.0 Å². The van der Waals surface area contributed by atoms with Crippen LogP contribution >= 0.6 is 0 Å². The molecule has 1 aliphatic carbocycles. The number of nitrogens with one attached hydrogen (secondary N) is 1. The van der Waals surface area contributed by atoms with Gasteiger partial charge in [0.25, 0.3) is 5.91 Å². The standard InChI is InChI=1S/C23H24N6O3/c1-14-4-2-7-21(25-14)29-22(17-5-3-6-18(17)27-29)15-8-9-20-24-10-19(28(20)11-15)23(32)26-16(12-30)13-31/h2,4,7-11,16,30-31H,3,5-6,12-13H2,1H3,(H,26,32). The molecule has 164 valence electrons. The van der Waals surface area contributed by atoms with E-state index in [2.05, 4.69) is 15.3 Å². The topological polar surface area (TPSA) is 118 Å². The van der Waals surface area contributed by atoms with E-state index in [0.29, 0.717) is 11.3 Å². The summed E-state index contributed by atoms with van der Waals surface area (Å²) in [5, 5.41) is 26.1. The highest BCUT2D eigenvalue weighted by molar-refractivity contribution is 5.93. The van der Waals surface area contributed by atoms with Gasteiger partial charge < -0.3 is 15.5 Å². The van der Waals surface area contributed by atoms with E-state index in [-0.39, 0.29) is 13.2 Å². The fraction of sp³-hybridized carbons (Fsp3) is 0.304. The molecule has 1 aliphatic rings. The number of hydrogen-bond donors (Lipinski definition) is 3. The number of aliphatic hydroxyl groups is 2. The van der Waals surface area contributed by atoms with Crippen molar-refractivity contribution in [1.82, 2.24) is 29.5 Å². The van der Waals surface area contributed by atoms with Crippen LogP contribution in [0, 0.1) is 6.92 Å². The van der Waals surface area contributed by atoms with Crippen LogP contribution in [0.2, 0.25) is 0 Å². The van der Waals surface area contributed by atoms with E-state index >= 15 is 0 Å². The number of aromatic nitrogens is 5. The maximum Gasteiger partial charge on any atom is 0.270 e. The van der Waals surface area contributed by atoms with Crippen LogP contribution in [0.15, 0.2) is 42.7 Å². The van der Waals surface area contributed by atoms with Gasteiger partial charge in [0.1, 0.15) is 11.3 Å². The highest BCUT2D eigenvalue weighted by atomic mass is 16.3. The van der Waals surface area contributed by atoms with Gasteiger partial charge in [0.2, 0.25) is 0 Å². The lowest BCUT2D eigenvalue weighted by molar-refractivity contribution is 0.0873. The van der Waals surface area contributed by atoms with Crippen molar-refractivity contribution in [3.05, 3.63) is 65.4 Å². The molecule has 32 heavy (non-hydrogen) atoms. The Morgan fingerprint density at radius 2 is 2.03 bits per heavy atom. The smallest absolute Gasteiger partial charge is 0.270 e. The number of aliphatic hydroxyl groups excluding tert-OH is 2. The average molecular weight is 432 g/mol. The molecule has 4 heterocycles. The van der Waals surface area contributed by atoms with Gasteiger partial charge in [-0.3, -0.25) is 9.20 Å². The number of amides is 1. The Balaban J connectivity index is 1.62. The van der Waals surface area contributed by atoms with Crippen molar-refractivity contribution in [2.24, 2.45) is 0 Å². The minimum Gasteiger partial charge on any atom is -0.394 e. The summed E-state index contributed by atoms with van der Waals surface area (Å²) < 4.78 is 3.61. The highest BCUT2D eigenvalue weighted by Crippen LogP contribution is 2.34. The molecule has 4 aromatic heterocycles. The van der Waals surface area contributed by atoms with Crippen LogP contribution in [0.3, 0.4) is 0 Å². The second kappa shape index (κ2) is 8.18. The number of pyridine rings is 2. The Morgan fingerprint density at radius 3 is 2.81 bits per heavy atom. The zero-order valence-corrected chi connectivity index (χ0v) is 17.7. The van der Waals surface area contributed by atoms with Gasteiger partial charge in [0.15, 0.2) is 5.82 Å². The molecule has 1 amide bonds. The molecule has 0 aromatic carbocycles. The molecule has 4 aromatic rings. The number of carbonyl (C=O) groups excluding carboxylic acids is 1. The molecule has 0 radical (unpaired) electrons. The molecule has 0 saturated heterocycles. The number of nitrogens with zero attached hydrogens (tertiary/aromatic N) is 5. The third kappa shape index (κ3) is 3.45. The summed E-state index contributed by atoms with van der Waals surface area (Å²) in [5.74, 6) is 0.341. The van der Waals surface area contributed by atoms with Crippen molar-refractivity contribution in [3.63, 3.8) is 0 Å². The first-order valence-corrected chi connectivity index (χ1v) is 10.6. The summed E-state index contributed by atoms with van der Waals surface area (Å²) in [6.45, 7) is 1.26. The summed E-state index contributed by atoms with van der Waals surface area (Å²) in [5.41, 5.74) is 6.03. The van der Waals surface area contributed by atoms with Gasteiger partial charge >= 0.3 is 0 Å². The Kier molecular flexibility index (Phi) is 5.20. The van der Waals surface area contributed by atoms with Crippen molar-refractivity contribution >= 4 is 11.6 Å². The number of hydrogen-bond acceptors (Lipinski definition) is 6. The van der Waals surface area contributed by atoms with Gasteiger partial charge in [-0.25, -0.2) is 14.6 Å². The second-order valence-electron chi connectivity index (χ2n) is 8.00. The third-order valence-corrected chi connectivity index (χ3v) is 5.79. The molecule has 0 aliphatic heterocycles. The van der Waals surface area contributed by atoms with Crippen molar-refractivity contribution in [2.45, 2.75) is 32.2 Å². The molecule has 9 heteroatoms. The first kappa shape index (κ1) is 20.3. The zero-order chi connectivity index (χ0) is 22.2. The van der Waals surface area contributed by atoms with Gasteiger partial charge in [0.05, 0.1) is 36.8 Å². The Labute approximate surface area is 184 Å². The number of imidazole rings is 1. The summed E-state index contributed by atoms with van der Waals surface area (Å²) in [6, 6.07) is 8.98. The zero-order valence-electron chi connectivity index (χ0n) is 17.7. The van der Waals surface area contributed by atoms with Crippen molar-refractivity contribution in [2.75, 3.05) is 13.2 Å². The molecular weight excluding hydrogens is 408 g/mol. The van der Waals surface area contributed by atoms with Crippen LogP contribution in [0.25, 0.3) is 22.7 Å². The molecule has 3 N–H and O–H groups in total. The summed E-state index contributed by atoms with van der Waals surface area (Å²) >= 11 is 0. The molecule has 0 bridgehead atoms. The SMILES string of the molecule is Cc1cccc(-n2nc3c(c2-c2ccc4ncc(C(=O)NC(CO)CO)n4c2)CCC3)n1. The highest BCUT2D eigenvalue weighted by Gasteiger charge is 2.25. The minimum absolute atomic E-state index is 0.324. The fourth-order valence-corrected chi connectivity index (χ4v) is 4.20. The van der Waals surface area contributed by atoms with Gasteiger partial charge in [-0.05, 0) is 50.5 Å². The maximum atomic E-state index is 12.7. The lowest BCUT2D eigenvalue weighted by Crippen LogP contribution is -2.40. The third-order valence-electron chi connectivity index (χ3n) is 5.79. The first-order valence-electron chi connectivity index (χ1n) is 10.6. The molecule has 0 atom stereocenters. The lowest BCUT2D eigenvalue weighted by atomic mass is 10.1. The Bertz CT molecular complexity index is 1300. The van der Waals surface area contributed by atoms with Crippen LogP contribution in [-0.4, -0.2) is 59.5 Å². The van der Waals surface area contributed by atoms with E-state index in [0.717, 1.165) is 47.7 Å². The van der Waals surface area contributed by atoms with Crippen molar-refractivity contribution in [3.8, 4) is 17.1 Å². The molecule has 0 fully saturated rings. The van der Waals surface area contributed by atoms with E-state index in [1.165, 1.54) is 11.8 Å². The maximum absolute atomic E-state index is 12.7. The van der Waals surface area contributed by atoms with E-state index in [1.807, 2.05) is 48.1 Å². The van der Waals surface area contributed by atoms with Crippen LogP contribution in [-0.2, 0) is 12.8 Å². The summed E-state index contributed by atoms with van der Waals surface area (Å²) in [4.78, 5) is 21.7. The molecule has 9 nitrogen and oxygen atoms in total. The normalized spacial score (nSPS) is 13.1. The first-order chi connectivity index (χ1) is 15.6. The summed E-state index contributed by atoms with van der Waals surface area (Å²) in [6.07, 6.45) is 6.32. The molecule has 0 unspecified atom stereocenters. The van der Waals surface area contributed by atoms with Crippen LogP contribution in [0.1, 0.15) is 33.9 Å².